The van der Waals surface area contributed by atoms with Crippen molar-refractivity contribution in [2.45, 2.75) is 13.8 Å². The largest absolute Gasteiger partial charge is 0.290 e. The predicted octanol–water partition coefficient (Wildman–Crippen LogP) is -0.0996. The van der Waals surface area contributed by atoms with Gasteiger partial charge >= 0.3 is 0 Å². The van der Waals surface area contributed by atoms with Crippen LogP contribution in [-0.2, 0) is 0 Å². The van der Waals surface area contributed by atoms with Gasteiger partial charge in [-0.25, -0.2) is 11.0 Å². The maximum atomic E-state index is 10.9. The average molecular weight is 198 g/mol. The molecule has 0 fully saturated rings. The number of amides is 1. The van der Waals surface area contributed by atoms with Crippen molar-refractivity contribution >= 4 is 11.6 Å². The smallest absolute Gasteiger partial charge is 0.265 e. The van der Waals surface area contributed by atoms with Crippen LogP contribution in [-0.4, -0.2) is 11.1 Å². The SMILES string of the molecule is CC.NNC(=O)c1cccc([NH2+]O)c1. The van der Waals surface area contributed by atoms with E-state index in [9.17, 15) is 4.79 Å². The van der Waals surface area contributed by atoms with Crippen LogP contribution in [0.5, 0.6) is 0 Å². The molecule has 0 aliphatic rings. The molecule has 0 unspecified atom stereocenters. The summed E-state index contributed by atoms with van der Waals surface area (Å²) in [5, 5.41) is 8.63. The van der Waals surface area contributed by atoms with Gasteiger partial charge in [0, 0.05) is 17.7 Å². The fourth-order valence-corrected chi connectivity index (χ4v) is 0.844. The molecule has 5 heteroatoms. The van der Waals surface area contributed by atoms with Crippen molar-refractivity contribution in [3.63, 3.8) is 0 Å². The van der Waals surface area contributed by atoms with Gasteiger partial charge in [-0.1, -0.05) is 19.9 Å². The number of rotatable bonds is 2. The van der Waals surface area contributed by atoms with E-state index in [2.05, 4.69) is 0 Å². The monoisotopic (exact) mass is 198 g/mol. The highest BCUT2D eigenvalue weighted by Gasteiger charge is 2.04. The highest BCUT2D eigenvalue weighted by Crippen LogP contribution is 2.04. The second-order valence-corrected chi connectivity index (χ2v) is 2.23. The summed E-state index contributed by atoms with van der Waals surface area (Å²) in [5.41, 5.74) is 3.90. The van der Waals surface area contributed by atoms with E-state index in [0.29, 0.717) is 11.3 Å². The van der Waals surface area contributed by atoms with Crippen molar-refractivity contribution in [3.05, 3.63) is 29.8 Å². The van der Waals surface area contributed by atoms with Crippen molar-refractivity contribution in [1.29, 1.82) is 0 Å². The van der Waals surface area contributed by atoms with Crippen molar-refractivity contribution in [2.75, 3.05) is 0 Å². The summed E-state index contributed by atoms with van der Waals surface area (Å²) in [6.07, 6.45) is 0. The van der Waals surface area contributed by atoms with Crippen LogP contribution in [0.4, 0.5) is 5.69 Å². The molecule has 1 aromatic rings. The van der Waals surface area contributed by atoms with Crippen LogP contribution < -0.4 is 16.7 Å². The number of hydrogen-bond donors (Lipinski definition) is 4. The zero-order valence-electron chi connectivity index (χ0n) is 8.32. The standard InChI is InChI=1S/C7H9N3O2.C2H6/c8-9-7(11)5-2-1-3-6(4-5)10-12;1-2/h1-4,10,12H,8H2,(H,9,11);1-2H3/p+1. The molecule has 1 rings (SSSR count). The van der Waals surface area contributed by atoms with E-state index in [1.807, 2.05) is 19.3 Å². The first kappa shape index (κ1) is 12.6. The highest BCUT2D eigenvalue weighted by atomic mass is 16.5. The van der Waals surface area contributed by atoms with Gasteiger partial charge < -0.3 is 0 Å². The summed E-state index contributed by atoms with van der Waals surface area (Å²) in [6.45, 7) is 4.00. The number of carbonyl (C=O) groups excluding carboxylic acids is 1. The lowest BCUT2D eigenvalue weighted by atomic mass is 10.2. The van der Waals surface area contributed by atoms with E-state index in [4.69, 9.17) is 11.0 Å². The van der Waals surface area contributed by atoms with E-state index < -0.39 is 0 Å². The second-order valence-electron chi connectivity index (χ2n) is 2.23. The number of quaternary nitrogens is 1. The molecule has 0 saturated carbocycles. The van der Waals surface area contributed by atoms with Crippen LogP contribution >= 0.6 is 0 Å². The van der Waals surface area contributed by atoms with Crippen molar-refractivity contribution < 1.29 is 15.5 Å². The Morgan fingerprint density at radius 2 is 2.14 bits per heavy atom. The molecule has 0 spiro atoms. The molecular formula is C9H16N3O2+. The van der Waals surface area contributed by atoms with Gasteiger partial charge in [0.1, 0.15) is 0 Å². The molecule has 1 aromatic carbocycles. The van der Waals surface area contributed by atoms with E-state index in [1.54, 1.807) is 18.2 Å². The number of benzene rings is 1. The lowest BCUT2D eigenvalue weighted by molar-refractivity contribution is -0.825. The highest BCUT2D eigenvalue weighted by molar-refractivity contribution is 5.94. The minimum absolute atomic E-state index is 0.376. The Balaban J connectivity index is 0.000000791. The molecule has 0 radical (unpaired) electrons. The maximum Gasteiger partial charge on any atom is 0.265 e. The molecule has 6 N–H and O–H groups in total. The number of nitrogen functional groups attached to an aromatic ring is 1. The number of carbonyl (C=O) groups is 1. The fraction of sp³-hybridized carbons (Fsp3) is 0.222. The van der Waals surface area contributed by atoms with Crippen molar-refractivity contribution in [2.24, 2.45) is 5.84 Å². The van der Waals surface area contributed by atoms with Crippen LogP contribution in [0.3, 0.4) is 0 Å². The molecule has 0 bridgehead atoms. The Hall–Kier alpha value is -1.43. The summed E-state index contributed by atoms with van der Waals surface area (Å²) in [7, 11) is 0. The van der Waals surface area contributed by atoms with E-state index in [1.165, 1.54) is 6.07 Å². The maximum absolute atomic E-state index is 10.9. The average Bonchev–Trinajstić information content (AvgIpc) is 2.30. The Labute approximate surface area is 82.9 Å². The molecular weight excluding hydrogens is 182 g/mol. The van der Waals surface area contributed by atoms with Gasteiger partial charge in [0.2, 0.25) is 0 Å². The van der Waals surface area contributed by atoms with Crippen molar-refractivity contribution in [1.82, 2.24) is 5.43 Å². The zero-order valence-corrected chi connectivity index (χ0v) is 8.32. The Morgan fingerprint density at radius 3 is 2.64 bits per heavy atom. The number of nitrogens with one attached hydrogen (secondary N) is 1. The molecule has 0 aromatic heterocycles. The Bertz CT molecular complexity index is 289. The molecule has 0 saturated heterocycles. The van der Waals surface area contributed by atoms with Crippen LogP contribution in [0.15, 0.2) is 24.3 Å². The predicted molar refractivity (Wildman–Crippen MR) is 52.8 cm³/mol. The number of nitrogens with two attached hydrogens (primary N) is 2. The van der Waals surface area contributed by atoms with Gasteiger partial charge in [0.05, 0.1) is 0 Å². The first-order valence-electron chi connectivity index (χ1n) is 4.36. The lowest BCUT2D eigenvalue weighted by Crippen LogP contribution is -2.73. The van der Waals surface area contributed by atoms with E-state index in [0.717, 1.165) is 5.48 Å². The third-order valence-corrected chi connectivity index (χ3v) is 1.43. The first-order valence-corrected chi connectivity index (χ1v) is 4.36. The topological polar surface area (TPSA) is 92.0 Å². The van der Waals surface area contributed by atoms with Gasteiger partial charge in [-0.05, 0) is 6.07 Å². The van der Waals surface area contributed by atoms with E-state index in [-0.39, 0.29) is 5.91 Å². The Morgan fingerprint density at radius 1 is 1.50 bits per heavy atom. The molecule has 0 aliphatic heterocycles. The lowest BCUT2D eigenvalue weighted by Gasteiger charge is -1.98. The van der Waals surface area contributed by atoms with Crippen LogP contribution in [0.1, 0.15) is 24.2 Å². The third kappa shape index (κ3) is 3.53. The summed E-state index contributed by atoms with van der Waals surface area (Å²) in [5.74, 6) is 4.55. The molecule has 1 amide bonds. The molecule has 0 atom stereocenters. The summed E-state index contributed by atoms with van der Waals surface area (Å²) < 4.78 is 0. The van der Waals surface area contributed by atoms with Gasteiger partial charge in [0.15, 0.2) is 5.69 Å². The Kier molecular flexibility index (Phi) is 6.30. The minimum atomic E-state index is -0.376. The number of hydrazine groups is 1. The second kappa shape index (κ2) is 7.02. The number of hydrogen-bond acceptors (Lipinski definition) is 3. The quantitative estimate of drug-likeness (QED) is 0.231. The van der Waals surface area contributed by atoms with Crippen molar-refractivity contribution in [3.8, 4) is 0 Å². The fourth-order valence-electron chi connectivity index (χ4n) is 0.844. The first-order chi connectivity index (χ1) is 6.77. The van der Waals surface area contributed by atoms with Crippen LogP contribution in [0.2, 0.25) is 0 Å². The minimum Gasteiger partial charge on any atom is -0.290 e. The molecule has 0 heterocycles. The molecule has 5 nitrogen and oxygen atoms in total. The molecule has 78 valence electrons. The molecule has 14 heavy (non-hydrogen) atoms. The summed E-state index contributed by atoms with van der Waals surface area (Å²) in [6, 6.07) is 6.47. The zero-order chi connectivity index (χ0) is 11.0. The van der Waals surface area contributed by atoms with Gasteiger partial charge in [0.25, 0.3) is 5.91 Å². The van der Waals surface area contributed by atoms with Gasteiger partial charge in [-0.2, -0.15) is 5.48 Å². The van der Waals surface area contributed by atoms with Gasteiger partial charge in [-0.3, -0.25) is 10.2 Å². The van der Waals surface area contributed by atoms with E-state index >= 15 is 0 Å². The van der Waals surface area contributed by atoms with Gasteiger partial charge in [-0.15, -0.1) is 0 Å². The normalized spacial score (nSPS) is 8.57. The summed E-state index contributed by atoms with van der Waals surface area (Å²) in [4.78, 5) is 10.9. The third-order valence-electron chi connectivity index (χ3n) is 1.43. The molecule has 0 aliphatic carbocycles. The summed E-state index contributed by atoms with van der Waals surface area (Å²) >= 11 is 0. The van der Waals surface area contributed by atoms with Crippen LogP contribution in [0, 0.1) is 0 Å². The van der Waals surface area contributed by atoms with Crippen LogP contribution in [0.25, 0.3) is 0 Å².